The molecule has 63 heavy (non-hydrogen) atoms. The summed E-state index contributed by atoms with van der Waals surface area (Å²) in [7, 11) is 3.30. The number of nitrogens with one attached hydrogen (secondary N) is 4. The zero-order chi connectivity index (χ0) is 47.6. The van der Waals surface area contributed by atoms with E-state index in [0.717, 1.165) is 33.0 Å². The maximum atomic E-state index is 14.4. The van der Waals surface area contributed by atoms with Crippen molar-refractivity contribution in [2.24, 2.45) is 17.1 Å². The topological polar surface area (TPSA) is 258 Å². The molecule has 346 valence electrons. The van der Waals surface area contributed by atoms with Gasteiger partial charge in [0.2, 0.25) is 35.4 Å². The molecule has 0 aliphatic carbocycles. The van der Waals surface area contributed by atoms with Crippen LogP contribution in [0.25, 0.3) is 10.8 Å². The number of nitrogens with two attached hydrogens (primary N) is 1. The lowest BCUT2D eigenvalue weighted by Crippen LogP contribution is -2.61. The van der Waals surface area contributed by atoms with Gasteiger partial charge in [0.15, 0.2) is 0 Å². The highest BCUT2D eigenvalue weighted by molar-refractivity contribution is 8.00. The van der Waals surface area contributed by atoms with Crippen LogP contribution >= 0.6 is 11.8 Å². The number of hydrogen-bond donors (Lipinski definition) is 7. The number of thioether (sulfide) groups is 1. The van der Waals surface area contributed by atoms with Crippen LogP contribution in [0.5, 0.6) is 0 Å². The summed E-state index contributed by atoms with van der Waals surface area (Å²) in [5.41, 5.74) is 5.16. The maximum absolute atomic E-state index is 14.4. The fourth-order valence-electron chi connectivity index (χ4n) is 7.39. The van der Waals surface area contributed by atoms with Gasteiger partial charge >= 0.3 is 11.9 Å². The molecule has 0 radical (unpaired) electrons. The largest absolute Gasteiger partial charge is 0.480 e. The minimum atomic E-state index is -1.44. The lowest BCUT2D eigenvalue weighted by molar-refractivity contribution is -0.142. The Bertz CT molecular complexity index is 2070. The van der Waals surface area contributed by atoms with E-state index in [-0.39, 0.29) is 61.4 Å². The van der Waals surface area contributed by atoms with Crippen LogP contribution in [0.4, 0.5) is 0 Å². The summed E-state index contributed by atoms with van der Waals surface area (Å²) in [6.07, 6.45) is 0.887. The zero-order valence-electron chi connectivity index (χ0n) is 37.9. The number of imide groups is 1. The number of carbonyl (C=O) groups excluding carboxylic acids is 6. The zero-order valence-corrected chi connectivity index (χ0v) is 38.8. The van der Waals surface area contributed by atoms with Crippen molar-refractivity contribution in [3.05, 3.63) is 59.7 Å². The Morgan fingerprint density at radius 3 is 2.16 bits per heavy atom. The van der Waals surface area contributed by atoms with Crippen molar-refractivity contribution in [3.8, 4) is 0 Å². The van der Waals surface area contributed by atoms with Gasteiger partial charge in [-0.3, -0.25) is 38.5 Å². The Hall–Kier alpha value is -5.33. The molecule has 18 heteroatoms. The first kappa shape index (κ1) is 52.0. The van der Waals surface area contributed by atoms with E-state index in [2.05, 4.69) is 27.3 Å². The van der Waals surface area contributed by atoms with Crippen LogP contribution in [0.1, 0.15) is 80.2 Å². The van der Waals surface area contributed by atoms with Gasteiger partial charge in [-0.05, 0) is 48.1 Å². The van der Waals surface area contributed by atoms with Crippen molar-refractivity contribution in [2.45, 2.75) is 116 Å². The molecule has 0 bridgehead atoms. The Morgan fingerprint density at radius 1 is 0.952 bits per heavy atom. The second-order valence-electron chi connectivity index (χ2n) is 18.0. The van der Waals surface area contributed by atoms with Crippen LogP contribution in [0.15, 0.2) is 54.1 Å². The summed E-state index contributed by atoms with van der Waals surface area (Å²) in [5.74, 6) is -5.88. The molecule has 1 fully saturated rings. The fourth-order valence-corrected chi connectivity index (χ4v) is 8.51. The molecule has 1 saturated heterocycles. The molecule has 17 nitrogen and oxygen atoms in total. The molecule has 6 atom stereocenters. The van der Waals surface area contributed by atoms with E-state index in [4.69, 9.17) is 10.8 Å². The summed E-state index contributed by atoms with van der Waals surface area (Å²) >= 11 is 0.976. The number of likely N-dealkylation sites (N-methyl/N-ethyl adjacent to an activating group) is 2. The van der Waals surface area contributed by atoms with Crippen LogP contribution in [-0.4, -0.2) is 136 Å². The average Bonchev–Trinajstić information content (AvgIpc) is 3.48. The lowest BCUT2D eigenvalue weighted by Gasteiger charge is -2.40. The molecular weight excluding hydrogens is 831 g/mol. The Labute approximate surface area is 373 Å². The molecular formula is C45H65N7O10S. The van der Waals surface area contributed by atoms with Gasteiger partial charge in [0, 0.05) is 49.7 Å². The van der Waals surface area contributed by atoms with Gasteiger partial charge in [-0.15, -0.1) is 11.8 Å². The first-order valence-corrected chi connectivity index (χ1v) is 22.0. The summed E-state index contributed by atoms with van der Waals surface area (Å²) in [5, 5.41) is 31.4. The number of aliphatic carboxylic acids is 2. The van der Waals surface area contributed by atoms with E-state index in [1.807, 2.05) is 84.9 Å². The minimum absolute atomic E-state index is 0.0563. The maximum Gasteiger partial charge on any atom is 0.326 e. The molecule has 1 aliphatic rings. The number of carbonyl (C=O) groups is 8. The van der Waals surface area contributed by atoms with Gasteiger partial charge in [0.1, 0.15) is 18.1 Å². The van der Waals surface area contributed by atoms with E-state index in [1.165, 1.54) is 11.8 Å². The second kappa shape index (κ2) is 22.3. The standard InChI is InChI=1S/C45H65N7O10S/c1-25(2)32(51(10)41(58)37(44(4,5)6)50-39(56)36(47-9)45(7,8)29-16-15-27-13-11-12-14-28(27)22-29)21-26(3)38(55)49-31(43(61)62)17-18-34(53)48-19-20-52-35(54)23-33(40(52)57)63-24-30(46)42(59)60/h11-16,21-22,25,30-33,36-37,47H,17-20,23-24,46H2,1-10H3,(H,48,53)(H,49,55)(H,50,56)(H,59,60)(H,61,62)/b26-21+/t30-,31+,32+,33?,36+,37?/m0/s1. The highest BCUT2D eigenvalue weighted by atomic mass is 32.2. The number of carboxylic acids is 2. The quantitative estimate of drug-likeness (QED) is 0.0663. The highest BCUT2D eigenvalue weighted by Gasteiger charge is 2.42. The molecule has 3 rings (SSSR count). The fraction of sp³-hybridized carbons (Fsp3) is 0.556. The third-order valence-electron chi connectivity index (χ3n) is 11.3. The van der Waals surface area contributed by atoms with Crippen LogP contribution in [0, 0.1) is 11.3 Å². The second-order valence-corrected chi connectivity index (χ2v) is 19.2. The summed E-state index contributed by atoms with van der Waals surface area (Å²) < 4.78 is 0. The van der Waals surface area contributed by atoms with Crippen molar-refractivity contribution >= 4 is 69.9 Å². The third-order valence-corrected chi connectivity index (χ3v) is 12.7. The number of rotatable bonds is 22. The van der Waals surface area contributed by atoms with Gasteiger partial charge in [0.05, 0.1) is 17.3 Å². The number of benzene rings is 2. The normalized spacial score (nSPS) is 17.2. The van der Waals surface area contributed by atoms with E-state index < -0.39 is 81.9 Å². The van der Waals surface area contributed by atoms with Crippen molar-refractivity contribution in [2.75, 3.05) is 32.9 Å². The highest BCUT2D eigenvalue weighted by Crippen LogP contribution is 2.31. The average molecular weight is 896 g/mol. The van der Waals surface area contributed by atoms with Crippen LogP contribution < -0.4 is 27.0 Å². The minimum Gasteiger partial charge on any atom is -0.480 e. The van der Waals surface area contributed by atoms with Crippen molar-refractivity contribution in [1.29, 1.82) is 0 Å². The van der Waals surface area contributed by atoms with Crippen LogP contribution in [0.3, 0.4) is 0 Å². The molecule has 2 aromatic carbocycles. The number of likely N-dealkylation sites (tertiary alicyclic amines) is 1. The SMILES string of the molecule is CN[C@H](C(=O)NC(C(=O)N(C)[C@H](/C=C(\C)C(=O)N[C@H](CCC(=O)NCCN1C(=O)CC(SC[C@H](N)C(=O)O)C1=O)C(=O)O)C(C)C)C(C)(C)C)C(C)(C)c1ccc2ccccc2c1. The van der Waals surface area contributed by atoms with E-state index in [1.54, 1.807) is 20.2 Å². The van der Waals surface area contributed by atoms with Crippen molar-refractivity contribution in [1.82, 2.24) is 31.1 Å². The van der Waals surface area contributed by atoms with E-state index >= 15 is 0 Å². The van der Waals surface area contributed by atoms with Gasteiger partial charge in [0.25, 0.3) is 0 Å². The van der Waals surface area contributed by atoms with E-state index in [9.17, 15) is 43.5 Å². The van der Waals surface area contributed by atoms with Crippen molar-refractivity contribution < 1.29 is 48.6 Å². The van der Waals surface area contributed by atoms with E-state index in [0.29, 0.717) is 0 Å². The molecule has 0 saturated carbocycles. The summed E-state index contributed by atoms with van der Waals surface area (Å²) in [6, 6.07) is 9.11. The van der Waals surface area contributed by atoms with Crippen molar-refractivity contribution in [3.63, 3.8) is 0 Å². The third kappa shape index (κ3) is 13.8. The monoisotopic (exact) mass is 895 g/mol. The molecule has 0 aromatic heterocycles. The Morgan fingerprint density at radius 2 is 1.59 bits per heavy atom. The number of nitrogens with zero attached hydrogens (tertiary/aromatic N) is 2. The van der Waals surface area contributed by atoms with Gasteiger partial charge in [-0.25, -0.2) is 4.79 Å². The predicted octanol–water partition coefficient (Wildman–Crippen LogP) is 2.40. The van der Waals surface area contributed by atoms with Crippen LogP contribution in [-0.2, 0) is 43.8 Å². The molecule has 0 spiro atoms. The summed E-state index contributed by atoms with van der Waals surface area (Å²) in [6.45, 7) is 14.5. The van der Waals surface area contributed by atoms with Gasteiger partial charge < -0.3 is 42.1 Å². The van der Waals surface area contributed by atoms with Crippen LogP contribution in [0.2, 0.25) is 0 Å². The number of hydrogen-bond acceptors (Lipinski definition) is 11. The summed E-state index contributed by atoms with van der Waals surface area (Å²) in [4.78, 5) is 105. The predicted molar refractivity (Wildman–Crippen MR) is 241 cm³/mol. The number of carboxylic acid groups (broad SMARTS) is 2. The smallest absolute Gasteiger partial charge is 0.326 e. The van der Waals surface area contributed by atoms with Gasteiger partial charge in [-0.2, -0.15) is 0 Å². The Balaban J connectivity index is 1.64. The first-order valence-electron chi connectivity index (χ1n) is 21.0. The Kier molecular flexibility index (Phi) is 18.4. The lowest BCUT2D eigenvalue weighted by atomic mass is 9.76. The first-order chi connectivity index (χ1) is 29.3. The molecule has 6 amide bonds. The molecule has 2 unspecified atom stereocenters. The molecule has 2 aromatic rings. The number of fused-ring (bicyclic) bond motifs is 1. The molecule has 1 heterocycles. The number of amides is 6. The molecule has 8 N–H and O–H groups in total. The van der Waals surface area contributed by atoms with Gasteiger partial charge in [-0.1, -0.05) is 97.0 Å². The molecule has 1 aliphatic heterocycles.